The zero-order valence-corrected chi connectivity index (χ0v) is 64.5. The number of hydrogen-bond acceptors (Lipinski definition) is 10. The van der Waals surface area contributed by atoms with E-state index >= 15 is 0 Å². The SMILES string of the molecule is CC(C)CCC(C)Nc1ccc(NC(C)CCC(C)C)cc1.CCC(C)NC1CCCCC1NC(C)CC.CCC(C)Nc1ccc(Cc2ccc(NC(C)CC)cc2)cc1.CCC(C)Nc1ccc(NC(C)CC)cc1.CCCC(C)Nc1ccc(Nc2ccccc2)cc1. The summed E-state index contributed by atoms with van der Waals surface area (Å²) in [4.78, 5) is 0. The molecular formula is C86H142N10. The Morgan fingerprint density at radius 3 is 0.792 bits per heavy atom. The van der Waals surface area contributed by atoms with Crippen LogP contribution in [0.25, 0.3) is 0 Å². The van der Waals surface area contributed by atoms with Crippen molar-refractivity contribution in [1.29, 1.82) is 0 Å². The minimum absolute atomic E-state index is 0.520. The van der Waals surface area contributed by atoms with E-state index in [9.17, 15) is 0 Å². The molecule has 0 aliphatic heterocycles. The highest BCUT2D eigenvalue weighted by Crippen LogP contribution is 2.24. The summed E-state index contributed by atoms with van der Waals surface area (Å²) in [7, 11) is 0. The van der Waals surface area contributed by atoms with Crippen LogP contribution in [0, 0.1) is 11.8 Å². The fourth-order valence-electron chi connectivity index (χ4n) is 11.0. The topological polar surface area (TPSA) is 120 Å². The van der Waals surface area contributed by atoms with Crippen LogP contribution < -0.4 is 53.2 Å². The molecule has 0 heterocycles. The summed E-state index contributed by atoms with van der Waals surface area (Å²) >= 11 is 0. The molecule has 0 spiro atoms. The van der Waals surface area contributed by atoms with Gasteiger partial charge in [-0.25, -0.2) is 0 Å². The van der Waals surface area contributed by atoms with E-state index in [0.717, 1.165) is 55.3 Å². The lowest BCUT2D eigenvalue weighted by Crippen LogP contribution is -2.54. The molecule has 1 fully saturated rings. The second kappa shape index (κ2) is 49.2. The lowest BCUT2D eigenvalue weighted by Gasteiger charge is -2.36. The van der Waals surface area contributed by atoms with E-state index < -0.39 is 0 Å². The molecule has 0 aromatic heterocycles. The summed E-state index contributed by atoms with van der Waals surface area (Å²) in [6.45, 7) is 44.8. The summed E-state index contributed by atoms with van der Waals surface area (Å²) in [6.07, 6.45) is 20.9. The van der Waals surface area contributed by atoms with Crippen LogP contribution >= 0.6 is 0 Å². The maximum Gasteiger partial charge on any atom is 0.0385 e. The third-order valence-corrected chi connectivity index (χ3v) is 18.4. The molecule has 0 bridgehead atoms. The quantitative estimate of drug-likeness (QED) is 0.0186. The van der Waals surface area contributed by atoms with Gasteiger partial charge in [-0.3, -0.25) is 0 Å². The predicted octanol–water partition coefficient (Wildman–Crippen LogP) is 24.1. The van der Waals surface area contributed by atoms with Crippen molar-refractivity contribution in [2.45, 2.75) is 314 Å². The lowest BCUT2D eigenvalue weighted by atomic mass is 9.89. The van der Waals surface area contributed by atoms with E-state index in [4.69, 9.17) is 0 Å². The van der Waals surface area contributed by atoms with Gasteiger partial charge in [-0.05, 0) is 284 Å². The van der Waals surface area contributed by atoms with Crippen molar-refractivity contribution in [3.8, 4) is 0 Å². The van der Waals surface area contributed by atoms with E-state index in [-0.39, 0.29) is 0 Å². The first-order valence-electron chi connectivity index (χ1n) is 38.2. The summed E-state index contributed by atoms with van der Waals surface area (Å²) in [6, 6.07) is 59.9. The Morgan fingerprint density at radius 1 is 0.271 bits per heavy atom. The van der Waals surface area contributed by atoms with E-state index in [1.54, 1.807) is 0 Å². The Morgan fingerprint density at radius 2 is 0.521 bits per heavy atom. The summed E-state index contributed by atoms with van der Waals surface area (Å²) in [5.41, 5.74) is 13.3. The Bertz CT molecular complexity index is 2640. The van der Waals surface area contributed by atoms with Crippen molar-refractivity contribution in [3.63, 3.8) is 0 Å². The van der Waals surface area contributed by atoms with E-state index in [1.165, 1.54) is 128 Å². The van der Waals surface area contributed by atoms with E-state index in [1.807, 2.05) is 18.2 Å². The number of rotatable bonds is 36. The maximum atomic E-state index is 3.79. The predicted molar refractivity (Wildman–Crippen MR) is 432 cm³/mol. The molecule has 10 nitrogen and oxygen atoms in total. The van der Waals surface area contributed by atoms with Crippen LogP contribution in [0.1, 0.15) is 252 Å². The number of nitrogens with one attached hydrogen (secondary N) is 10. The highest BCUT2D eigenvalue weighted by atomic mass is 15.1. The fraction of sp³-hybridized carbons (Fsp3) is 0.581. The smallest absolute Gasteiger partial charge is 0.0385 e. The van der Waals surface area contributed by atoms with Gasteiger partial charge in [-0.2, -0.15) is 0 Å². The standard InChI is InChI=1S/C21H30N2.C20H36N2.C17H22N2.C14H24N2.C14H30N2/c1-5-16(3)22-20-11-7-18(8-12-20)15-19-9-13-21(14-10-19)23-17(4)6-2;1-15(2)7-9-17(5)21-19-11-13-20(14-12-19)22-18(6)10-8-16(3)4;1-3-7-14(2)18-16-10-12-17(13-11-16)19-15-8-5-4-6-9-15;1-5-11(3)15-13-7-9-14(10-8-13)16-12(4)6-2;1-5-11(3)15-13-9-7-8-10-14(13)16-12(4)6-2/h7-14,16-17,22-23H,5-6,15H2,1-4H3;11-18,21-22H,7-10H2,1-6H3;4-6,8-14,18-19H,3,7H2,1-2H3;7-12,15-16H,5-6H2,1-4H3;11-16H,5-10H2,1-4H3. The first-order chi connectivity index (χ1) is 46.1. The van der Waals surface area contributed by atoms with Gasteiger partial charge in [0.15, 0.2) is 0 Å². The highest BCUT2D eigenvalue weighted by Gasteiger charge is 2.26. The normalized spacial score (nSPS) is 16.2. The van der Waals surface area contributed by atoms with Gasteiger partial charge in [0.05, 0.1) is 0 Å². The molecule has 10 N–H and O–H groups in total. The number of hydrogen-bond donors (Lipinski definition) is 10. The van der Waals surface area contributed by atoms with Crippen LogP contribution in [0.3, 0.4) is 0 Å². The number of benzene rings is 6. The van der Waals surface area contributed by atoms with Crippen molar-refractivity contribution in [2.75, 3.05) is 42.5 Å². The van der Waals surface area contributed by atoms with Crippen molar-refractivity contribution < 1.29 is 0 Å². The Labute approximate surface area is 589 Å². The molecule has 96 heavy (non-hydrogen) atoms. The first kappa shape index (κ1) is 83.9. The lowest BCUT2D eigenvalue weighted by molar-refractivity contribution is 0.249. The summed E-state index contributed by atoms with van der Waals surface area (Å²) < 4.78 is 0. The van der Waals surface area contributed by atoms with Crippen LogP contribution in [0.15, 0.2) is 152 Å². The molecule has 11 unspecified atom stereocenters. The second-order valence-electron chi connectivity index (χ2n) is 28.9. The molecular weight excluding hydrogens is 1170 g/mol. The van der Waals surface area contributed by atoms with Crippen molar-refractivity contribution in [1.82, 2.24) is 10.6 Å². The first-order valence-corrected chi connectivity index (χ1v) is 38.2. The van der Waals surface area contributed by atoms with Crippen molar-refractivity contribution in [2.24, 2.45) is 11.8 Å². The monoisotopic (exact) mass is 1320 g/mol. The molecule has 0 radical (unpaired) electrons. The van der Waals surface area contributed by atoms with Gasteiger partial charge in [0.25, 0.3) is 0 Å². The molecule has 536 valence electrons. The number of para-hydroxylation sites is 1. The molecule has 1 saturated carbocycles. The maximum absolute atomic E-state index is 3.79. The van der Waals surface area contributed by atoms with Gasteiger partial charge in [0, 0.05) is 118 Å². The van der Waals surface area contributed by atoms with Gasteiger partial charge in [-0.15, -0.1) is 0 Å². The Balaban J connectivity index is 0.000000315. The van der Waals surface area contributed by atoms with Crippen LogP contribution in [0.4, 0.5) is 51.2 Å². The average Bonchev–Trinajstić information content (AvgIpc) is 1.24. The molecule has 6 aromatic rings. The zero-order chi connectivity index (χ0) is 70.6. The molecule has 6 aromatic carbocycles. The average molecular weight is 1320 g/mol. The van der Waals surface area contributed by atoms with E-state index in [0.29, 0.717) is 66.5 Å². The second-order valence-corrected chi connectivity index (χ2v) is 28.9. The summed E-state index contributed by atoms with van der Waals surface area (Å²) in [5.74, 6) is 1.56. The minimum Gasteiger partial charge on any atom is -0.383 e. The molecule has 7 rings (SSSR count). The van der Waals surface area contributed by atoms with Crippen LogP contribution in [0.2, 0.25) is 0 Å². The van der Waals surface area contributed by atoms with Crippen LogP contribution in [-0.2, 0) is 6.42 Å². The molecule has 10 heteroatoms. The molecule has 1 aliphatic rings. The highest BCUT2D eigenvalue weighted by molar-refractivity contribution is 5.62. The molecule has 0 amide bonds. The van der Waals surface area contributed by atoms with Gasteiger partial charge < -0.3 is 53.2 Å². The molecule has 1 aliphatic carbocycles. The number of anilines is 9. The van der Waals surface area contributed by atoms with Gasteiger partial charge in [0.1, 0.15) is 0 Å². The zero-order valence-electron chi connectivity index (χ0n) is 64.5. The van der Waals surface area contributed by atoms with Crippen molar-refractivity contribution >= 4 is 51.2 Å². The minimum atomic E-state index is 0.520. The van der Waals surface area contributed by atoms with Gasteiger partial charge in [0.2, 0.25) is 0 Å². The molecule has 11 atom stereocenters. The summed E-state index contributed by atoms with van der Waals surface area (Å²) in [5, 5.41) is 35.6. The molecule has 0 saturated heterocycles. The Hall–Kier alpha value is -6.36. The van der Waals surface area contributed by atoms with Gasteiger partial charge >= 0.3 is 0 Å². The van der Waals surface area contributed by atoms with Gasteiger partial charge in [-0.1, -0.05) is 138 Å². The Kier molecular flexibility index (Phi) is 43.0. The van der Waals surface area contributed by atoms with Crippen LogP contribution in [-0.4, -0.2) is 66.5 Å². The largest absolute Gasteiger partial charge is 0.383 e. The van der Waals surface area contributed by atoms with Crippen LogP contribution in [0.5, 0.6) is 0 Å². The van der Waals surface area contributed by atoms with E-state index in [2.05, 4.69) is 325 Å². The fourth-order valence-corrected chi connectivity index (χ4v) is 11.0. The third kappa shape index (κ3) is 38.0. The van der Waals surface area contributed by atoms with Crippen molar-refractivity contribution in [3.05, 3.63) is 163 Å². The third-order valence-electron chi connectivity index (χ3n) is 18.4.